The van der Waals surface area contributed by atoms with Crippen molar-refractivity contribution < 1.29 is 9.47 Å². The number of methoxy groups -OCH3 is 1. The lowest BCUT2D eigenvalue weighted by molar-refractivity contribution is 0.0650. The fraction of sp³-hybridized carbons (Fsp3) is 0.538. The van der Waals surface area contributed by atoms with Gasteiger partial charge in [0.25, 0.3) is 0 Å². The molecule has 0 saturated carbocycles. The van der Waals surface area contributed by atoms with Gasteiger partial charge < -0.3 is 9.47 Å². The Morgan fingerprint density at radius 1 is 1.41 bits per heavy atom. The molecule has 0 radical (unpaired) electrons. The van der Waals surface area contributed by atoms with Crippen LogP contribution in [0.3, 0.4) is 0 Å². The maximum absolute atomic E-state index is 6.54. The third-order valence-electron chi connectivity index (χ3n) is 3.17. The summed E-state index contributed by atoms with van der Waals surface area (Å²) in [5.41, 5.74) is 1.14. The second-order valence-corrected chi connectivity index (χ2v) is 5.57. The smallest absolute Gasteiger partial charge is 0.133 e. The van der Waals surface area contributed by atoms with Gasteiger partial charge in [-0.1, -0.05) is 6.07 Å². The molecular formula is C13H16BrClO2. The summed E-state index contributed by atoms with van der Waals surface area (Å²) in [5.74, 6) is 1.34. The van der Waals surface area contributed by atoms with Crippen molar-refractivity contribution in [2.45, 2.75) is 18.2 Å². The minimum atomic E-state index is 0.0566. The largest absolute Gasteiger partial charge is 0.496 e. The SMILES string of the molecule is COc1ccc(C(Cl)C2CCOCC2)cc1Br. The van der Waals surface area contributed by atoms with Crippen molar-refractivity contribution in [2.24, 2.45) is 5.92 Å². The first-order valence-electron chi connectivity index (χ1n) is 5.77. The lowest BCUT2D eigenvalue weighted by Gasteiger charge is -2.26. The fourth-order valence-corrected chi connectivity index (χ4v) is 3.08. The zero-order valence-electron chi connectivity index (χ0n) is 9.79. The first-order valence-corrected chi connectivity index (χ1v) is 7.00. The van der Waals surface area contributed by atoms with Gasteiger partial charge in [-0.05, 0) is 52.4 Å². The van der Waals surface area contributed by atoms with E-state index in [2.05, 4.69) is 15.9 Å². The predicted molar refractivity (Wildman–Crippen MR) is 72.8 cm³/mol. The Morgan fingerprint density at radius 2 is 2.12 bits per heavy atom. The Hall–Kier alpha value is -0.250. The van der Waals surface area contributed by atoms with Crippen LogP contribution in [0.1, 0.15) is 23.8 Å². The van der Waals surface area contributed by atoms with Crippen LogP contribution in [0.15, 0.2) is 22.7 Å². The summed E-state index contributed by atoms with van der Waals surface area (Å²) in [6, 6.07) is 6.04. The van der Waals surface area contributed by atoms with Gasteiger partial charge in [-0.2, -0.15) is 0 Å². The van der Waals surface area contributed by atoms with Crippen LogP contribution in [0, 0.1) is 5.92 Å². The maximum Gasteiger partial charge on any atom is 0.133 e. The molecule has 2 nitrogen and oxygen atoms in total. The van der Waals surface area contributed by atoms with Crippen LogP contribution >= 0.6 is 27.5 Å². The van der Waals surface area contributed by atoms with Crippen molar-refractivity contribution in [1.82, 2.24) is 0 Å². The van der Waals surface area contributed by atoms with Crippen molar-refractivity contribution in [1.29, 1.82) is 0 Å². The molecule has 1 unspecified atom stereocenters. The van der Waals surface area contributed by atoms with Gasteiger partial charge in [0.2, 0.25) is 0 Å². The molecule has 0 aliphatic carbocycles. The van der Waals surface area contributed by atoms with Crippen molar-refractivity contribution in [2.75, 3.05) is 20.3 Å². The van der Waals surface area contributed by atoms with Crippen LogP contribution < -0.4 is 4.74 Å². The summed E-state index contributed by atoms with van der Waals surface area (Å²) >= 11 is 10.0. The topological polar surface area (TPSA) is 18.5 Å². The Kier molecular flexibility index (Phi) is 4.71. The molecule has 1 aliphatic heterocycles. The van der Waals surface area contributed by atoms with E-state index in [-0.39, 0.29) is 5.38 Å². The second kappa shape index (κ2) is 6.07. The highest BCUT2D eigenvalue weighted by molar-refractivity contribution is 9.10. The summed E-state index contributed by atoms with van der Waals surface area (Å²) < 4.78 is 11.5. The van der Waals surface area contributed by atoms with Gasteiger partial charge in [0.05, 0.1) is 17.0 Å². The van der Waals surface area contributed by atoms with Crippen LogP contribution in [-0.2, 0) is 4.74 Å². The average Bonchev–Trinajstić information content (AvgIpc) is 2.39. The molecule has 0 spiro atoms. The Labute approximate surface area is 115 Å². The monoisotopic (exact) mass is 318 g/mol. The number of hydrogen-bond acceptors (Lipinski definition) is 2. The quantitative estimate of drug-likeness (QED) is 0.779. The molecule has 1 fully saturated rings. The number of halogens is 2. The number of ether oxygens (including phenoxy) is 2. The molecule has 1 aromatic carbocycles. The fourth-order valence-electron chi connectivity index (χ4n) is 2.13. The molecule has 1 aromatic rings. The first-order chi connectivity index (χ1) is 8.22. The van der Waals surface area contributed by atoms with Gasteiger partial charge >= 0.3 is 0 Å². The molecule has 1 saturated heterocycles. The van der Waals surface area contributed by atoms with Gasteiger partial charge in [0.1, 0.15) is 5.75 Å². The summed E-state index contributed by atoms with van der Waals surface area (Å²) in [6.45, 7) is 1.65. The molecule has 1 atom stereocenters. The van der Waals surface area contributed by atoms with Crippen LogP contribution in [0.2, 0.25) is 0 Å². The van der Waals surface area contributed by atoms with E-state index >= 15 is 0 Å². The summed E-state index contributed by atoms with van der Waals surface area (Å²) in [6.07, 6.45) is 2.08. The van der Waals surface area contributed by atoms with Crippen LogP contribution in [0.4, 0.5) is 0 Å². The van der Waals surface area contributed by atoms with E-state index < -0.39 is 0 Å². The van der Waals surface area contributed by atoms with Gasteiger partial charge in [0.15, 0.2) is 0 Å². The van der Waals surface area contributed by atoms with Crippen molar-refractivity contribution in [3.05, 3.63) is 28.2 Å². The third kappa shape index (κ3) is 3.15. The standard InChI is InChI=1S/C13H16BrClO2/c1-16-12-3-2-10(8-11(12)14)13(15)9-4-6-17-7-5-9/h2-3,8-9,13H,4-7H2,1H3. The van der Waals surface area contributed by atoms with Gasteiger partial charge in [-0.3, -0.25) is 0 Å². The second-order valence-electron chi connectivity index (χ2n) is 4.25. The van der Waals surface area contributed by atoms with E-state index in [1.165, 1.54) is 0 Å². The van der Waals surface area contributed by atoms with Crippen molar-refractivity contribution >= 4 is 27.5 Å². The zero-order chi connectivity index (χ0) is 12.3. The molecular weight excluding hydrogens is 303 g/mol. The molecule has 94 valence electrons. The van der Waals surface area contributed by atoms with E-state index in [0.717, 1.165) is 41.8 Å². The van der Waals surface area contributed by atoms with E-state index in [1.54, 1.807) is 7.11 Å². The highest BCUT2D eigenvalue weighted by Crippen LogP contribution is 2.38. The summed E-state index contributed by atoms with van der Waals surface area (Å²) in [4.78, 5) is 0. The highest BCUT2D eigenvalue weighted by Gasteiger charge is 2.24. The number of rotatable bonds is 3. The van der Waals surface area contributed by atoms with Gasteiger partial charge in [-0.25, -0.2) is 0 Å². The molecule has 0 aromatic heterocycles. The molecule has 0 bridgehead atoms. The Morgan fingerprint density at radius 3 is 2.71 bits per heavy atom. The molecule has 0 N–H and O–H groups in total. The van der Waals surface area contributed by atoms with Gasteiger partial charge in [0, 0.05) is 13.2 Å². The average molecular weight is 320 g/mol. The third-order valence-corrected chi connectivity index (χ3v) is 4.40. The Bertz CT molecular complexity index is 378. The summed E-state index contributed by atoms with van der Waals surface area (Å²) in [5, 5.41) is 0.0566. The van der Waals surface area contributed by atoms with E-state index in [1.807, 2.05) is 18.2 Å². The minimum Gasteiger partial charge on any atom is -0.496 e. The van der Waals surface area contributed by atoms with E-state index in [4.69, 9.17) is 21.1 Å². The molecule has 1 aliphatic rings. The molecule has 2 rings (SSSR count). The molecule has 17 heavy (non-hydrogen) atoms. The zero-order valence-corrected chi connectivity index (χ0v) is 12.1. The number of benzene rings is 1. The highest BCUT2D eigenvalue weighted by atomic mass is 79.9. The van der Waals surface area contributed by atoms with Crippen LogP contribution in [0.25, 0.3) is 0 Å². The summed E-state index contributed by atoms with van der Waals surface area (Å²) in [7, 11) is 1.66. The lowest BCUT2D eigenvalue weighted by Crippen LogP contribution is -2.19. The lowest BCUT2D eigenvalue weighted by atomic mass is 9.92. The van der Waals surface area contributed by atoms with Crippen molar-refractivity contribution in [3.63, 3.8) is 0 Å². The van der Waals surface area contributed by atoms with E-state index in [0.29, 0.717) is 5.92 Å². The number of alkyl halides is 1. The molecule has 4 heteroatoms. The molecule has 1 heterocycles. The van der Waals surface area contributed by atoms with Crippen LogP contribution in [-0.4, -0.2) is 20.3 Å². The normalized spacial score (nSPS) is 19.0. The van der Waals surface area contributed by atoms with E-state index in [9.17, 15) is 0 Å². The van der Waals surface area contributed by atoms with Crippen molar-refractivity contribution in [3.8, 4) is 5.75 Å². The van der Waals surface area contributed by atoms with Gasteiger partial charge in [-0.15, -0.1) is 11.6 Å². The van der Waals surface area contributed by atoms with Crippen LogP contribution in [0.5, 0.6) is 5.75 Å². The Balaban J connectivity index is 2.12. The first kappa shape index (κ1) is 13.2. The predicted octanol–water partition coefficient (Wildman–Crippen LogP) is 4.16. The maximum atomic E-state index is 6.54. The number of hydrogen-bond donors (Lipinski definition) is 0. The minimum absolute atomic E-state index is 0.0566. The molecule has 0 amide bonds.